The maximum absolute atomic E-state index is 10.6. The molecule has 2 bridgehead atoms. The van der Waals surface area contributed by atoms with Crippen molar-refractivity contribution in [3.63, 3.8) is 0 Å². The third-order valence-corrected chi connectivity index (χ3v) is 5.94. The van der Waals surface area contributed by atoms with Gasteiger partial charge in [0.25, 0.3) is 0 Å². The van der Waals surface area contributed by atoms with Crippen molar-refractivity contribution in [3.8, 4) is 23.1 Å². The average molecular weight is 634 g/mol. The predicted octanol–water partition coefficient (Wildman–Crippen LogP) is 2.63. The molecular weight excluding hydrogens is 608 g/mol. The summed E-state index contributed by atoms with van der Waals surface area (Å²) < 4.78 is 70.8. The van der Waals surface area contributed by atoms with Crippen LogP contribution in [0.3, 0.4) is 0 Å². The smallest absolute Gasteiger partial charge is 0.489 e. The van der Waals surface area contributed by atoms with E-state index >= 15 is 0 Å². The molecule has 6 heterocycles. The Hall–Kier alpha value is -4.70. The monoisotopic (exact) mass is 633 g/mol. The van der Waals surface area contributed by atoms with Gasteiger partial charge in [0, 0.05) is 30.7 Å². The number of carboxylic acids is 2. The third kappa shape index (κ3) is 8.90. The van der Waals surface area contributed by atoms with Gasteiger partial charge in [-0.25, -0.2) is 19.1 Å². The van der Waals surface area contributed by atoms with Gasteiger partial charge in [-0.05, 0) is 26.3 Å². The normalized spacial score (nSPS) is 17.7. The van der Waals surface area contributed by atoms with Crippen LogP contribution in [0.2, 0.25) is 0 Å². The highest BCUT2D eigenvalue weighted by Crippen LogP contribution is 2.31. The van der Waals surface area contributed by atoms with Crippen LogP contribution in [0.15, 0.2) is 30.9 Å². The molecule has 13 nitrogen and oxygen atoms in total. The predicted molar refractivity (Wildman–Crippen MR) is 138 cm³/mol. The number of fused-ring (bicyclic) bond motifs is 3. The summed E-state index contributed by atoms with van der Waals surface area (Å²) in [6.45, 7) is 5.36. The number of anilines is 1. The molecule has 0 radical (unpaired) electrons. The summed E-state index contributed by atoms with van der Waals surface area (Å²) in [4.78, 5) is 29.3. The van der Waals surface area contributed by atoms with Gasteiger partial charge >= 0.3 is 24.3 Å². The zero-order chi connectivity index (χ0) is 33.0. The van der Waals surface area contributed by atoms with Gasteiger partial charge in [-0.2, -0.15) is 36.7 Å². The number of halogens is 6. The number of rotatable bonds is 5. The zero-order valence-corrected chi connectivity index (χ0v) is 22.9. The molecule has 0 amide bonds. The van der Waals surface area contributed by atoms with E-state index in [1.807, 2.05) is 6.07 Å². The Morgan fingerprint density at radius 3 is 2.02 bits per heavy atom. The van der Waals surface area contributed by atoms with Crippen molar-refractivity contribution in [2.24, 2.45) is 0 Å². The van der Waals surface area contributed by atoms with E-state index in [1.165, 1.54) is 12.6 Å². The quantitative estimate of drug-likeness (QED) is 0.302. The first kappa shape index (κ1) is 33.8. The summed E-state index contributed by atoms with van der Waals surface area (Å²) in [6.07, 6.45) is -2.21. The molecule has 3 aliphatic rings. The van der Waals surface area contributed by atoms with Crippen LogP contribution in [0, 0.1) is 11.3 Å². The number of pyridine rings is 1. The Bertz CT molecular complexity index is 1490. The molecule has 4 N–H and O–H groups in total. The van der Waals surface area contributed by atoms with E-state index in [0.29, 0.717) is 40.2 Å². The number of piperazine rings is 1. The van der Waals surface area contributed by atoms with Crippen LogP contribution in [-0.2, 0) is 9.59 Å². The summed E-state index contributed by atoms with van der Waals surface area (Å²) >= 11 is 0. The summed E-state index contributed by atoms with van der Waals surface area (Å²) in [5.41, 5.74) is 1.47. The lowest BCUT2D eigenvalue weighted by Crippen LogP contribution is -2.67. The number of aliphatic hydroxyl groups is 1. The second-order valence-electron chi connectivity index (χ2n) is 10.2. The number of nitrogens with zero attached hydrogens (tertiary/aromatic N) is 6. The number of nitrogens with one attached hydrogen (secondary N) is 1. The first-order chi connectivity index (χ1) is 20.3. The fourth-order valence-electron chi connectivity index (χ4n) is 4.04. The highest BCUT2D eigenvalue weighted by Gasteiger charge is 2.39. The molecule has 2 atom stereocenters. The zero-order valence-electron chi connectivity index (χ0n) is 22.9. The van der Waals surface area contributed by atoms with Crippen molar-refractivity contribution in [1.29, 1.82) is 5.26 Å². The molecule has 3 aromatic rings. The molecule has 6 rings (SSSR count). The second kappa shape index (κ2) is 12.9. The highest BCUT2D eigenvalue weighted by molar-refractivity contribution is 5.83. The number of carbonyl (C=O) groups is 2. The summed E-state index contributed by atoms with van der Waals surface area (Å²) in [7, 11) is 0. The first-order valence-electron chi connectivity index (χ1n) is 12.5. The lowest BCUT2D eigenvalue weighted by atomic mass is 9.91. The Morgan fingerprint density at radius 1 is 1.05 bits per heavy atom. The average Bonchev–Trinajstić information content (AvgIpc) is 3.34. The van der Waals surface area contributed by atoms with Crippen LogP contribution >= 0.6 is 0 Å². The minimum Gasteiger partial charge on any atom is -0.489 e. The summed E-state index contributed by atoms with van der Waals surface area (Å²) in [5, 5.41) is 41.5. The van der Waals surface area contributed by atoms with Crippen LogP contribution < -0.4 is 15.0 Å². The molecule has 19 heteroatoms. The molecule has 0 aromatic carbocycles. The number of hydrogen-bond acceptors (Lipinski definition) is 10. The van der Waals surface area contributed by atoms with E-state index in [4.69, 9.17) is 24.5 Å². The third-order valence-electron chi connectivity index (χ3n) is 5.94. The molecule has 238 valence electrons. The fourth-order valence-corrected chi connectivity index (χ4v) is 4.04. The van der Waals surface area contributed by atoms with Crippen LogP contribution in [0.1, 0.15) is 25.8 Å². The van der Waals surface area contributed by atoms with Gasteiger partial charge < -0.3 is 30.3 Å². The standard InChI is InChI=1S/C21H23N7O2.2C2HF3O2/c1-21(2,29)12-30-16-4-17(20-13(5-22)6-25-28(20)11-16)18-7-24-19(8-23-18)27-9-14-3-15(10-27)26-14;2*3-2(4,5)1(6)7/h4,6-8,11,14-15,26,29H,3,9-10,12H2,1-2H3;2*(H,6,7). The molecule has 3 fully saturated rings. The van der Waals surface area contributed by atoms with Crippen LogP contribution in [0.4, 0.5) is 32.2 Å². The summed E-state index contributed by atoms with van der Waals surface area (Å²) in [6, 6.07) is 5.08. The van der Waals surface area contributed by atoms with Crippen LogP contribution in [0.5, 0.6) is 5.75 Å². The molecule has 44 heavy (non-hydrogen) atoms. The molecule has 3 aromatic heterocycles. The van der Waals surface area contributed by atoms with Gasteiger partial charge in [0.15, 0.2) is 0 Å². The number of ether oxygens (including phenoxy) is 1. The number of aliphatic carboxylic acids is 2. The number of aromatic nitrogens is 4. The van der Waals surface area contributed by atoms with Gasteiger partial charge in [0.05, 0.1) is 47.2 Å². The van der Waals surface area contributed by atoms with E-state index < -0.39 is 29.9 Å². The molecule has 2 unspecified atom stereocenters. The van der Waals surface area contributed by atoms with Crippen molar-refractivity contribution >= 4 is 23.3 Å². The maximum atomic E-state index is 10.6. The Morgan fingerprint density at radius 2 is 1.59 bits per heavy atom. The van der Waals surface area contributed by atoms with E-state index in [9.17, 15) is 36.7 Å². The molecular formula is C25H25F6N7O6. The van der Waals surface area contributed by atoms with E-state index in [-0.39, 0.29) is 6.61 Å². The van der Waals surface area contributed by atoms with Crippen molar-refractivity contribution in [1.82, 2.24) is 24.9 Å². The maximum Gasteiger partial charge on any atom is 0.490 e. The molecule has 3 saturated heterocycles. The second-order valence-corrected chi connectivity index (χ2v) is 10.2. The minimum absolute atomic E-state index is 0.125. The Kier molecular flexibility index (Phi) is 9.90. The van der Waals surface area contributed by atoms with Gasteiger partial charge in [0.1, 0.15) is 24.2 Å². The molecule has 0 spiro atoms. The van der Waals surface area contributed by atoms with Gasteiger partial charge in [0.2, 0.25) is 0 Å². The Balaban J connectivity index is 0.000000317. The lowest BCUT2D eigenvalue weighted by Gasteiger charge is -2.48. The van der Waals surface area contributed by atoms with Gasteiger partial charge in [-0.1, -0.05) is 0 Å². The molecule has 0 saturated carbocycles. The van der Waals surface area contributed by atoms with Crippen molar-refractivity contribution in [2.75, 3.05) is 24.6 Å². The largest absolute Gasteiger partial charge is 0.490 e. The van der Waals surface area contributed by atoms with Crippen LogP contribution in [-0.4, -0.2) is 96.6 Å². The number of alkyl halides is 6. The Labute approximate surface area is 244 Å². The fraction of sp³-hybridized carbons (Fsp3) is 0.440. The van der Waals surface area contributed by atoms with E-state index in [0.717, 1.165) is 18.9 Å². The molecule has 0 aliphatic carbocycles. The SMILES string of the molecule is CC(C)(O)COc1cc(-c2cnc(N3CC4CC(C3)N4)cn2)c2c(C#N)cnn2c1.O=C(O)C(F)(F)F.O=C(O)C(F)(F)F. The van der Waals surface area contributed by atoms with Crippen molar-refractivity contribution in [3.05, 3.63) is 36.4 Å². The van der Waals surface area contributed by atoms with Gasteiger partial charge in [-0.15, -0.1) is 0 Å². The van der Waals surface area contributed by atoms with Crippen molar-refractivity contribution < 1.29 is 56.0 Å². The topological polar surface area (TPSA) is 186 Å². The van der Waals surface area contributed by atoms with E-state index in [1.54, 1.807) is 37.0 Å². The number of hydrogen-bond donors (Lipinski definition) is 4. The van der Waals surface area contributed by atoms with Crippen LogP contribution in [0.25, 0.3) is 16.8 Å². The van der Waals surface area contributed by atoms with E-state index in [2.05, 4.69) is 31.4 Å². The van der Waals surface area contributed by atoms with Gasteiger partial charge in [-0.3, -0.25) is 4.98 Å². The lowest BCUT2D eigenvalue weighted by molar-refractivity contribution is -0.193. The summed E-state index contributed by atoms with van der Waals surface area (Å²) in [5.74, 6) is -4.13. The first-order valence-corrected chi connectivity index (χ1v) is 12.5. The molecule has 3 aliphatic heterocycles. The highest BCUT2D eigenvalue weighted by atomic mass is 19.4. The number of nitriles is 1. The number of piperidine rings is 1. The minimum atomic E-state index is -5.08. The number of carboxylic acid groups (broad SMARTS) is 2. The van der Waals surface area contributed by atoms with Crippen molar-refractivity contribution in [2.45, 2.75) is 50.3 Å².